The number of benzene rings is 1. The molecular formula is C11H19N3. The normalized spacial score (nSPS) is 8.43. The average molecular weight is 193 g/mol. The molecule has 3 heteroatoms. The third-order valence-corrected chi connectivity index (χ3v) is 1.53. The van der Waals surface area contributed by atoms with Crippen LogP contribution in [0.3, 0.4) is 0 Å². The average Bonchev–Trinajstić information content (AvgIpc) is 2.20. The Labute approximate surface area is 85.8 Å². The van der Waals surface area contributed by atoms with Crippen LogP contribution in [0.25, 0.3) is 0 Å². The molecule has 0 atom stereocenters. The smallest absolute Gasteiger partial charge is 0.0337 e. The van der Waals surface area contributed by atoms with Crippen molar-refractivity contribution in [3.63, 3.8) is 0 Å². The predicted molar refractivity (Wildman–Crippen MR) is 63.0 cm³/mol. The molecule has 0 aromatic heterocycles. The first-order valence-electron chi connectivity index (χ1n) is 4.56. The van der Waals surface area contributed by atoms with Crippen LogP contribution in [0.5, 0.6) is 0 Å². The van der Waals surface area contributed by atoms with E-state index in [0.29, 0.717) is 12.2 Å². The highest BCUT2D eigenvalue weighted by atomic mass is 14.8. The largest absolute Gasteiger partial charge is 0.402 e. The van der Waals surface area contributed by atoms with Crippen LogP contribution in [0, 0.1) is 0 Å². The Kier molecular flexibility index (Phi) is 7.27. The monoisotopic (exact) mass is 193 g/mol. The molecule has 1 rings (SSSR count). The maximum absolute atomic E-state index is 5.13. The predicted octanol–water partition coefficient (Wildman–Crippen LogP) is 1.54. The summed E-state index contributed by atoms with van der Waals surface area (Å²) in [5.41, 5.74) is 12.0. The van der Waals surface area contributed by atoms with Crippen molar-refractivity contribution in [1.29, 1.82) is 0 Å². The summed E-state index contributed by atoms with van der Waals surface area (Å²) in [6, 6.07) is 10.1. The molecule has 5 N–H and O–H groups in total. The Bertz CT molecular complexity index is 244. The molecule has 0 aliphatic carbocycles. The van der Waals surface area contributed by atoms with Crippen molar-refractivity contribution >= 4 is 5.69 Å². The molecule has 1 aromatic rings. The Morgan fingerprint density at radius 2 is 1.93 bits per heavy atom. The van der Waals surface area contributed by atoms with Gasteiger partial charge in [-0.2, -0.15) is 0 Å². The van der Waals surface area contributed by atoms with E-state index in [4.69, 9.17) is 11.5 Å². The van der Waals surface area contributed by atoms with E-state index >= 15 is 0 Å². The van der Waals surface area contributed by atoms with Crippen LogP contribution in [0.15, 0.2) is 42.6 Å². The van der Waals surface area contributed by atoms with Crippen molar-refractivity contribution in [2.75, 3.05) is 18.9 Å². The number of nitrogens with two attached hydrogens (primary N) is 2. The fourth-order valence-corrected chi connectivity index (χ4v) is 0.790. The zero-order valence-electron chi connectivity index (χ0n) is 8.66. The second-order valence-corrected chi connectivity index (χ2v) is 2.81. The van der Waals surface area contributed by atoms with E-state index < -0.39 is 0 Å². The van der Waals surface area contributed by atoms with Gasteiger partial charge in [-0.1, -0.05) is 24.8 Å². The SMILES string of the molecule is C=C(N)CCN.CNc1ccccc1. The maximum Gasteiger partial charge on any atom is 0.0337 e. The second-order valence-electron chi connectivity index (χ2n) is 2.81. The highest BCUT2D eigenvalue weighted by Gasteiger charge is 1.78. The zero-order chi connectivity index (χ0) is 10.8. The van der Waals surface area contributed by atoms with Crippen LogP contribution in [-0.2, 0) is 0 Å². The van der Waals surface area contributed by atoms with Crippen LogP contribution in [0.1, 0.15) is 6.42 Å². The zero-order valence-corrected chi connectivity index (χ0v) is 8.66. The number of hydrogen-bond donors (Lipinski definition) is 3. The summed E-state index contributed by atoms with van der Waals surface area (Å²) in [5, 5.41) is 3.03. The second kappa shape index (κ2) is 8.13. The topological polar surface area (TPSA) is 64.1 Å². The molecule has 0 heterocycles. The molecule has 14 heavy (non-hydrogen) atoms. The van der Waals surface area contributed by atoms with Gasteiger partial charge in [-0.3, -0.25) is 0 Å². The minimum absolute atomic E-state index is 0.606. The van der Waals surface area contributed by atoms with Crippen LogP contribution < -0.4 is 16.8 Å². The molecule has 3 nitrogen and oxygen atoms in total. The van der Waals surface area contributed by atoms with Crippen molar-refractivity contribution in [1.82, 2.24) is 0 Å². The Balaban J connectivity index is 0.000000255. The van der Waals surface area contributed by atoms with Crippen molar-refractivity contribution in [3.05, 3.63) is 42.6 Å². The summed E-state index contributed by atoms with van der Waals surface area (Å²) in [7, 11) is 1.91. The number of anilines is 1. The van der Waals surface area contributed by atoms with Crippen LogP contribution in [0.2, 0.25) is 0 Å². The molecule has 0 unspecified atom stereocenters. The van der Waals surface area contributed by atoms with Crippen molar-refractivity contribution < 1.29 is 0 Å². The Morgan fingerprint density at radius 3 is 2.14 bits per heavy atom. The Morgan fingerprint density at radius 1 is 1.36 bits per heavy atom. The molecule has 1 aromatic carbocycles. The fourth-order valence-electron chi connectivity index (χ4n) is 0.790. The van der Waals surface area contributed by atoms with Crippen LogP contribution >= 0.6 is 0 Å². The van der Waals surface area contributed by atoms with E-state index in [1.165, 1.54) is 0 Å². The van der Waals surface area contributed by atoms with Crippen LogP contribution in [0.4, 0.5) is 5.69 Å². The van der Waals surface area contributed by atoms with E-state index in [1.807, 2.05) is 37.4 Å². The van der Waals surface area contributed by atoms with E-state index in [9.17, 15) is 0 Å². The van der Waals surface area contributed by atoms with E-state index in [0.717, 1.165) is 12.1 Å². The highest BCUT2D eigenvalue weighted by Crippen LogP contribution is 2.01. The Hall–Kier alpha value is -1.48. The van der Waals surface area contributed by atoms with Crippen molar-refractivity contribution in [2.24, 2.45) is 11.5 Å². The standard InChI is InChI=1S/C7H9N.C4H10N2/c1-8-7-5-3-2-4-6-7;1-4(6)2-3-5/h2-6,8H,1H3;1-3,5-6H2. The van der Waals surface area contributed by atoms with Crippen molar-refractivity contribution in [2.45, 2.75) is 6.42 Å². The number of nitrogens with one attached hydrogen (secondary N) is 1. The molecule has 0 fully saturated rings. The van der Waals surface area contributed by atoms with Gasteiger partial charge in [-0.15, -0.1) is 0 Å². The molecule has 0 spiro atoms. The molecule has 0 bridgehead atoms. The lowest BCUT2D eigenvalue weighted by atomic mass is 10.3. The van der Waals surface area contributed by atoms with Gasteiger partial charge >= 0.3 is 0 Å². The summed E-state index contributed by atoms with van der Waals surface area (Å²) < 4.78 is 0. The highest BCUT2D eigenvalue weighted by molar-refractivity contribution is 5.41. The van der Waals surface area contributed by atoms with Gasteiger partial charge in [0.2, 0.25) is 0 Å². The van der Waals surface area contributed by atoms with E-state index in [-0.39, 0.29) is 0 Å². The van der Waals surface area contributed by atoms with Gasteiger partial charge in [0, 0.05) is 18.4 Å². The van der Waals surface area contributed by atoms with E-state index in [2.05, 4.69) is 11.9 Å². The molecule has 0 aliphatic rings. The van der Waals surface area contributed by atoms with Gasteiger partial charge in [0.25, 0.3) is 0 Å². The molecule has 78 valence electrons. The molecule has 0 saturated carbocycles. The number of para-hydroxylation sites is 1. The molecular weight excluding hydrogens is 174 g/mol. The van der Waals surface area contributed by atoms with Gasteiger partial charge in [-0.25, -0.2) is 0 Å². The van der Waals surface area contributed by atoms with Gasteiger partial charge < -0.3 is 16.8 Å². The van der Waals surface area contributed by atoms with Crippen molar-refractivity contribution in [3.8, 4) is 0 Å². The molecule has 0 aliphatic heterocycles. The summed E-state index contributed by atoms with van der Waals surface area (Å²) in [5.74, 6) is 0. The number of rotatable bonds is 3. The molecule has 0 radical (unpaired) electrons. The first kappa shape index (κ1) is 12.5. The van der Waals surface area contributed by atoms with Gasteiger partial charge in [0.05, 0.1) is 0 Å². The summed E-state index contributed by atoms with van der Waals surface area (Å²) in [6.07, 6.45) is 0.736. The lowest BCUT2D eigenvalue weighted by Crippen LogP contribution is -2.04. The fraction of sp³-hybridized carbons (Fsp3) is 0.273. The maximum atomic E-state index is 5.13. The lowest BCUT2D eigenvalue weighted by molar-refractivity contribution is 0.941. The first-order valence-corrected chi connectivity index (χ1v) is 4.56. The quantitative estimate of drug-likeness (QED) is 0.682. The first-order chi connectivity index (χ1) is 6.70. The molecule has 0 amide bonds. The number of hydrogen-bond acceptors (Lipinski definition) is 3. The third-order valence-electron chi connectivity index (χ3n) is 1.53. The van der Waals surface area contributed by atoms with Gasteiger partial charge in [-0.05, 0) is 25.1 Å². The minimum atomic E-state index is 0.606. The van der Waals surface area contributed by atoms with Gasteiger partial charge in [0.1, 0.15) is 0 Å². The minimum Gasteiger partial charge on any atom is -0.402 e. The third kappa shape index (κ3) is 7.18. The van der Waals surface area contributed by atoms with Crippen LogP contribution in [-0.4, -0.2) is 13.6 Å². The van der Waals surface area contributed by atoms with Gasteiger partial charge in [0.15, 0.2) is 0 Å². The summed E-state index contributed by atoms with van der Waals surface area (Å²) in [6.45, 7) is 4.05. The van der Waals surface area contributed by atoms with E-state index in [1.54, 1.807) is 0 Å². The lowest BCUT2D eigenvalue weighted by Gasteiger charge is -1.94. The summed E-state index contributed by atoms with van der Waals surface area (Å²) >= 11 is 0. The molecule has 0 saturated heterocycles. The summed E-state index contributed by atoms with van der Waals surface area (Å²) in [4.78, 5) is 0.